The highest BCUT2D eigenvalue weighted by Crippen LogP contribution is 2.28. The van der Waals surface area contributed by atoms with Crippen molar-refractivity contribution in [1.29, 1.82) is 0 Å². The molecule has 0 aliphatic rings. The van der Waals surface area contributed by atoms with Crippen molar-refractivity contribution < 1.29 is 0 Å². The van der Waals surface area contributed by atoms with E-state index in [1.165, 1.54) is 19.3 Å². The molecule has 2 N–H and O–H groups in total. The molecule has 0 saturated carbocycles. The molecule has 1 nitrogen and oxygen atoms in total. The topological polar surface area (TPSA) is 26.0 Å². The molecule has 0 heterocycles. The molecule has 0 aromatic carbocycles. The van der Waals surface area contributed by atoms with E-state index in [0.29, 0.717) is 5.41 Å². The first kappa shape index (κ1) is 8.96. The Bertz CT molecular complexity index is 65.0. The van der Waals surface area contributed by atoms with E-state index in [0.717, 1.165) is 6.54 Å². The van der Waals surface area contributed by atoms with Crippen molar-refractivity contribution in [2.45, 2.75) is 40.0 Å². The van der Waals surface area contributed by atoms with E-state index < -0.39 is 0 Å². The van der Waals surface area contributed by atoms with E-state index in [1.807, 2.05) is 0 Å². The van der Waals surface area contributed by atoms with E-state index in [4.69, 9.17) is 5.73 Å². The Kier molecular flexibility index (Phi) is 3.87. The number of hydrogen-bond acceptors (Lipinski definition) is 1. The quantitative estimate of drug-likeness (QED) is 0.618. The fourth-order valence-corrected chi connectivity index (χ4v) is 0.952. The average molecular weight is 129 g/mol. The zero-order valence-electron chi connectivity index (χ0n) is 6.91. The predicted molar refractivity (Wildman–Crippen MR) is 42.4 cm³/mol. The zero-order chi connectivity index (χ0) is 7.33. The summed E-state index contributed by atoms with van der Waals surface area (Å²) in [5, 5.41) is 0. The molecule has 56 valence electrons. The minimum Gasteiger partial charge on any atom is -0.330 e. The van der Waals surface area contributed by atoms with Gasteiger partial charge in [-0.05, 0) is 18.4 Å². The van der Waals surface area contributed by atoms with Crippen LogP contribution >= 0.6 is 0 Å². The van der Waals surface area contributed by atoms with Crippen molar-refractivity contribution in [3.8, 4) is 0 Å². The van der Waals surface area contributed by atoms with Crippen molar-refractivity contribution in [3.05, 3.63) is 0 Å². The van der Waals surface area contributed by atoms with Gasteiger partial charge in [-0.2, -0.15) is 0 Å². The van der Waals surface area contributed by atoms with Crippen molar-refractivity contribution in [2.24, 2.45) is 11.1 Å². The molecule has 9 heavy (non-hydrogen) atoms. The second-order valence-electron chi connectivity index (χ2n) is 3.06. The molecule has 0 fully saturated rings. The van der Waals surface area contributed by atoms with Gasteiger partial charge in [0.1, 0.15) is 0 Å². The van der Waals surface area contributed by atoms with Gasteiger partial charge in [-0.15, -0.1) is 0 Å². The lowest BCUT2D eigenvalue weighted by Crippen LogP contribution is -2.18. The van der Waals surface area contributed by atoms with Gasteiger partial charge in [0.25, 0.3) is 0 Å². The van der Waals surface area contributed by atoms with E-state index in [2.05, 4.69) is 20.8 Å². The minimum absolute atomic E-state index is 0.509. The smallest absolute Gasteiger partial charge is 0.00721 e. The second kappa shape index (κ2) is 3.89. The number of hydrogen-bond donors (Lipinski definition) is 1. The Balaban J connectivity index is 3.62. The van der Waals surface area contributed by atoms with Crippen LogP contribution in [0.5, 0.6) is 0 Å². The Hall–Kier alpha value is -0.0400. The minimum atomic E-state index is 0.509. The van der Waals surface area contributed by atoms with Crippen LogP contribution in [-0.2, 0) is 0 Å². The standard InChI is InChI=1S/C8H19N/c1-4-8(3,5-2)6-7-9/h4-7,9H2,1-3H3. The lowest BCUT2D eigenvalue weighted by molar-refractivity contribution is 0.278. The molecule has 1 heteroatoms. The first-order valence-corrected chi connectivity index (χ1v) is 3.88. The van der Waals surface area contributed by atoms with Gasteiger partial charge in [0, 0.05) is 0 Å². The van der Waals surface area contributed by atoms with Crippen molar-refractivity contribution in [2.75, 3.05) is 6.54 Å². The van der Waals surface area contributed by atoms with Crippen LogP contribution < -0.4 is 5.73 Å². The normalized spacial score (nSPS) is 12.0. The van der Waals surface area contributed by atoms with Crippen LogP contribution in [0, 0.1) is 5.41 Å². The summed E-state index contributed by atoms with van der Waals surface area (Å²) in [7, 11) is 0. The van der Waals surface area contributed by atoms with Gasteiger partial charge in [-0.1, -0.05) is 33.6 Å². The summed E-state index contributed by atoms with van der Waals surface area (Å²) in [6.45, 7) is 7.61. The third kappa shape index (κ3) is 2.85. The van der Waals surface area contributed by atoms with Gasteiger partial charge in [0.2, 0.25) is 0 Å². The van der Waals surface area contributed by atoms with Gasteiger partial charge >= 0.3 is 0 Å². The van der Waals surface area contributed by atoms with Crippen LogP contribution in [0.25, 0.3) is 0 Å². The van der Waals surface area contributed by atoms with Gasteiger partial charge in [0.05, 0.1) is 0 Å². The second-order valence-corrected chi connectivity index (χ2v) is 3.06. The summed E-state index contributed by atoms with van der Waals surface area (Å²) in [6.07, 6.45) is 3.67. The van der Waals surface area contributed by atoms with Crippen LogP contribution in [0.15, 0.2) is 0 Å². The average Bonchev–Trinajstić information content (AvgIpc) is 1.89. The molecule has 0 atom stereocenters. The van der Waals surface area contributed by atoms with Crippen molar-refractivity contribution in [1.82, 2.24) is 0 Å². The molecular weight excluding hydrogens is 110 g/mol. The number of nitrogens with two attached hydrogens (primary N) is 1. The van der Waals surface area contributed by atoms with Crippen molar-refractivity contribution in [3.63, 3.8) is 0 Å². The Labute approximate surface area is 58.6 Å². The molecule has 0 bridgehead atoms. The fourth-order valence-electron chi connectivity index (χ4n) is 0.952. The molecule has 0 rings (SSSR count). The molecular formula is C8H19N. The third-order valence-corrected chi connectivity index (χ3v) is 2.45. The molecule has 0 aliphatic carbocycles. The summed E-state index contributed by atoms with van der Waals surface area (Å²) in [4.78, 5) is 0. The van der Waals surface area contributed by atoms with Crippen LogP contribution in [-0.4, -0.2) is 6.54 Å². The summed E-state index contributed by atoms with van der Waals surface area (Å²) in [5.74, 6) is 0. The Morgan fingerprint density at radius 3 is 1.78 bits per heavy atom. The lowest BCUT2D eigenvalue weighted by atomic mass is 9.82. The lowest BCUT2D eigenvalue weighted by Gasteiger charge is -2.25. The fraction of sp³-hybridized carbons (Fsp3) is 1.00. The highest BCUT2D eigenvalue weighted by molar-refractivity contribution is 4.70. The number of rotatable bonds is 4. The molecule has 0 aliphatic heterocycles. The zero-order valence-corrected chi connectivity index (χ0v) is 6.91. The van der Waals surface area contributed by atoms with Crippen LogP contribution in [0.2, 0.25) is 0 Å². The summed E-state index contributed by atoms with van der Waals surface area (Å²) < 4.78 is 0. The maximum Gasteiger partial charge on any atom is -0.00721 e. The van der Waals surface area contributed by atoms with Crippen molar-refractivity contribution >= 4 is 0 Å². The Morgan fingerprint density at radius 1 is 1.22 bits per heavy atom. The molecule has 0 unspecified atom stereocenters. The monoisotopic (exact) mass is 129 g/mol. The van der Waals surface area contributed by atoms with E-state index >= 15 is 0 Å². The highest BCUT2D eigenvalue weighted by Gasteiger charge is 2.17. The molecule has 0 spiro atoms. The van der Waals surface area contributed by atoms with Gasteiger partial charge in [0.15, 0.2) is 0 Å². The summed E-state index contributed by atoms with van der Waals surface area (Å²) in [5.41, 5.74) is 5.97. The van der Waals surface area contributed by atoms with Gasteiger partial charge in [-0.3, -0.25) is 0 Å². The van der Waals surface area contributed by atoms with Crippen LogP contribution in [0.4, 0.5) is 0 Å². The molecule has 0 amide bonds. The predicted octanol–water partition coefficient (Wildman–Crippen LogP) is 2.16. The van der Waals surface area contributed by atoms with E-state index in [-0.39, 0.29) is 0 Å². The van der Waals surface area contributed by atoms with E-state index in [9.17, 15) is 0 Å². The Morgan fingerprint density at radius 2 is 1.67 bits per heavy atom. The van der Waals surface area contributed by atoms with Gasteiger partial charge in [-0.25, -0.2) is 0 Å². The van der Waals surface area contributed by atoms with Crippen LogP contribution in [0.1, 0.15) is 40.0 Å². The van der Waals surface area contributed by atoms with Crippen LogP contribution in [0.3, 0.4) is 0 Å². The maximum atomic E-state index is 5.47. The molecule has 0 saturated heterocycles. The highest BCUT2D eigenvalue weighted by atomic mass is 14.5. The van der Waals surface area contributed by atoms with E-state index in [1.54, 1.807) is 0 Å². The molecule has 0 aromatic rings. The maximum absolute atomic E-state index is 5.47. The first-order valence-electron chi connectivity index (χ1n) is 3.88. The first-order chi connectivity index (χ1) is 4.18. The molecule has 0 radical (unpaired) electrons. The SMILES string of the molecule is CCC(C)(CC)CCN. The largest absolute Gasteiger partial charge is 0.330 e. The van der Waals surface area contributed by atoms with Gasteiger partial charge < -0.3 is 5.73 Å². The summed E-state index contributed by atoms with van der Waals surface area (Å²) >= 11 is 0. The summed E-state index contributed by atoms with van der Waals surface area (Å²) in [6, 6.07) is 0. The third-order valence-electron chi connectivity index (χ3n) is 2.45. The molecule has 0 aromatic heterocycles.